The van der Waals surface area contributed by atoms with E-state index in [9.17, 15) is 9.59 Å². The third kappa shape index (κ3) is 5.88. The van der Waals surface area contributed by atoms with E-state index in [4.69, 9.17) is 18.9 Å². The van der Waals surface area contributed by atoms with Gasteiger partial charge < -0.3 is 29.2 Å². The van der Waals surface area contributed by atoms with Gasteiger partial charge in [0.05, 0.1) is 32.7 Å². The van der Waals surface area contributed by atoms with Gasteiger partial charge in [-0.2, -0.15) is 0 Å². The van der Waals surface area contributed by atoms with Gasteiger partial charge in [-0.25, -0.2) is 0 Å². The van der Waals surface area contributed by atoms with E-state index in [-0.39, 0.29) is 38.1 Å². The molecule has 2 aromatic carbocycles. The summed E-state index contributed by atoms with van der Waals surface area (Å²) in [4.78, 5) is 27.5. The maximum absolute atomic E-state index is 13.3. The zero-order valence-corrected chi connectivity index (χ0v) is 18.9. The molecule has 8 heteroatoms. The minimum Gasteiger partial charge on any atom is -0.490 e. The minimum absolute atomic E-state index is 0.0261. The lowest BCUT2D eigenvalue weighted by Crippen LogP contribution is -2.41. The topological polar surface area (TPSA) is 86.3 Å². The van der Waals surface area contributed by atoms with E-state index in [1.165, 1.54) is 0 Å². The number of nitrogens with zero attached hydrogens (tertiary/aromatic N) is 1. The molecule has 176 valence electrons. The van der Waals surface area contributed by atoms with Gasteiger partial charge in [-0.05, 0) is 49.9 Å². The molecular formula is C25H30N2O6. The first-order valence-electron chi connectivity index (χ1n) is 11.4. The highest BCUT2D eigenvalue weighted by molar-refractivity contribution is 5.86. The number of nitrogens with one attached hydrogen (secondary N) is 1. The van der Waals surface area contributed by atoms with Crippen molar-refractivity contribution in [3.8, 4) is 23.0 Å². The van der Waals surface area contributed by atoms with Gasteiger partial charge >= 0.3 is 0 Å². The monoisotopic (exact) mass is 454 g/mol. The first kappa shape index (κ1) is 22.8. The van der Waals surface area contributed by atoms with Gasteiger partial charge in [0.15, 0.2) is 23.0 Å². The average Bonchev–Trinajstić information content (AvgIpc) is 3.27. The summed E-state index contributed by atoms with van der Waals surface area (Å²) < 4.78 is 22.7. The summed E-state index contributed by atoms with van der Waals surface area (Å²) in [6.07, 6.45) is 2.83. The summed E-state index contributed by atoms with van der Waals surface area (Å²) in [5.74, 6) is 2.26. The Kier molecular flexibility index (Phi) is 7.55. The zero-order chi connectivity index (χ0) is 23.0. The van der Waals surface area contributed by atoms with Crippen LogP contribution in [0.3, 0.4) is 0 Å². The largest absolute Gasteiger partial charge is 0.490 e. The van der Waals surface area contributed by atoms with Crippen molar-refractivity contribution in [3.05, 3.63) is 47.5 Å². The lowest BCUT2D eigenvalue weighted by atomic mass is 10.1. The zero-order valence-electron chi connectivity index (χ0n) is 18.9. The molecule has 0 saturated carbocycles. The highest BCUT2D eigenvalue weighted by Gasteiger charge is 2.23. The van der Waals surface area contributed by atoms with E-state index in [1.54, 1.807) is 11.0 Å². The maximum atomic E-state index is 13.3. The van der Waals surface area contributed by atoms with Gasteiger partial charge in [0.2, 0.25) is 18.6 Å². The number of benzene rings is 2. The van der Waals surface area contributed by atoms with Crippen molar-refractivity contribution in [3.63, 3.8) is 0 Å². The fraction of sp³-hybridized carbons (Fsp3) is 0.440. The molecule has 2 aliphatic heterocycles. The number of rotatable bonds is 4. The van der Waals surface area contributed by atoms with Crippen molar-refractivity contribution in [1.29, 1.82) is 0 Å². The van der Waals surface area contributed by atoms with E-state index in [2.05, 4.69) is 5.32 Å². The predicted molar refractivity (Wildman–Crippen MR) is 122 cm³/mol. The van der Waals surface area contributed by atoms with E-state index in [0.717, 1.165) is 30.4 Å². The van der Waals surface area contributed by atoms with Gasteiger partial charge in [-0.3, -0.25) is 9.59 Å². The van der Waals surface area contributed by atoms with Crippen molar-refractivity contribution in [2.24, 2.45) is 0 Å². The second-order valence-electron chi connectivity index (χ2n) is 8.05. The van der Waals surface area contributed by atoms with E-state index in [1.807, 2.05) is 37.3 Å². The number of carbonyl (C=O) groups is 2. The van der Waals surface area contributed by atoms with Crippen LogP contribution in [0.4, 0.5) is 0 Å². The Labute approximate surface area is 193 Å². The molecule has 33 heavy (non-hydrogen) atoms. The molecule has 2 aliphatic rings. The SMILES string of the molecule is CCOc1cccc2c1OCCCCCNC(=O)CN(C(=O)Cc1ccc3c(c1)OCO3)C2. The molecule has 2 heterocycles. The van der Waals surface area contributed by atoms with Crippen molar-refractivity contribution in [2.75, 3.05) is 33.1 Å². The average molecular weight is 455 g/mol. The molecule has 0 unspecified atom stereocenters. The summed E-state index contributed by atoms with van der Waals surface area (Å²) in [5, 5.41) is 2.92. The number of hydrogen-bond acceptors (Lipinski definition) is 6. The van der Waals surface area contributed by atoms with Crippen LogP contribution in [0.2, 0.25) is 0 Å². The highest BCUT2D eigenvalue weighted by atomic mass is 16.7. The normalized spacial score (nSPS) is 16.4. The molecule has 4 rings (SSSR count). The van der Waals surface area contributed by atoms with Crippen LogP contribution in [0.5, 0.6) is 23.0 Å². The number of para-hydroxylation sites is 1. The molecule has 0 fully saturated rings. The van der Waals surface area contributed by atoms with Crippen molar-refractivity contribution in [2.45, 2.75) is 39.2 Å². The number of carbonyl (C=O) groups excluding carboxylic acids is 2. The highest BCUT2D eigenvalue weighted by Crippen LogP contribution is 2.34. The van der Waals surface area contributed by atoms with Crippen LogP contribution in [0.1, 0.15) is 37.3 Å². The van der Waals surface area contributed by atoms with Gasteiger partial charge in [0.25, 0.3) is 0 Å². The van der Waals surface area contributed by atoms with Crippen LogP contribution in [0.15, 0.2) is 36.4 Å². The third-order valence-electron chi connectivity index (χ3n) is 5.59. The predicted octanol–water partition coefficient (Wildman–Crippen LogP) is 3.06. The molecule has 0 spiro atoms. The molecule has 0 saturated heterocycles. The van der Waals surface area contributed by atoms with Gasteiger partial charge in [0.1, 0.15) is 0 Å². The van der Waals surface area contributed by atoms with Gasteiger partial charge in [-0.1, -0.05) is 18.2 Å². The van der Waals surface area contributed by atoms with Crippen LogP contribution >= 0.6 is 0 Å². The molecule has 0 radical (unpaired) electrons. The fourth-order valence-electron chi connectivity index (χ4n) is 3.93. The number of fused-ring (bicyclic) bond motifs is 2. The molecule has 1 N–H and O–H groups in total. The fourth-order valence-corrected chi connectivity index (χ4v) is 3.93. The molecule has 2 amide bonds. The Balaban J connectivity index is 1.59. The molecular weight excluding hydrogens is 424 g/mol. The van der Waals surface area contributed by atoms with Crippen LogP contribution in [-0.2, 0) is 22.6 Å². The van der Waals surface area contributed by atoms with Crippen LogP contribution in [0.25, 0.3) is 0 Å². The molecule has 0 atom stereocenters. The van der Waals surface area contributed by atoms with E-state index >= 15 is 0 Å². The molecule has 2 aromatic rings. The lowest BCUT2D eigenvalue weighted by Gasteiger charge is -2.24. The van der Waals surface area contributed by atoms with E-state index in [0.29, 0.717) is 42.8 Å². The lowest BCUT2D eigenvalue weighted by molar-refractivity contribution is -0.136. The van der Waals surface area contributed by atoms with Crippen LogP contribution < -0.4 is 24.3 Å². The Morgan fingerprint density at radius 3 is 2.82 bits per heavy atom. The number of hydrogen-bond donors (Lipinski definition) is 1. The standard InChI is InChI=1S/C25H30N2O6/c1-2-30-21-8-6-7-19-15-27(16-23(28)26-11-4-3-5-12-31-25(19)21)24(29)14-18-9-10-20-22(13-18)33-17-32-20/h6-10,13H,2-5,11-12,14-17H2,1H3,(H,26,28). The summed E-state index contributed by atoms with van der Waals surface area (Å²) in [5.41, 5.74) is 1.61. The van der Waals surface area contributed by atoms with Gasteiger partial charge in [0, 0.05) is 12.1 Å². The Bertz CT molecular complexity index is 993. The molecule has 8 nitrogen and oxygen atoms in total. The minimum atomic E-state index is -0.170. The number of ether oxygens (including phenoxy) is 4. The number of amides is 2. The Hall–Kier alpha value is -3.42. The van der Waals surface area contributed by atoms with Crippen molar-refractivity contribution in [1.82, 2.24) is 10.2 Å². The molecule has 0 bridgehead atoms. The van der Waals surface area contributed by atoms with Gasteiger partial charge in [-0.15, -0.1) is 0 Å². The second-order valence-corrected chi connectivity index (χ2v) is 8.05. The van der Waals surface area contributed by atoms with E-state index < -0.39 is 0 Å². The maximum Gasteiger partial charge on any atom is 0.239 e. The van der Waals surface area contributed by atoms with Crippen molar-refractivity contribution >= 4 is 11.8 Å². The molecule has 0 aromatic heterocycles. The van der Waals surface area contributed by atoms with Crippen molar-refractivity contribution < 1.29 is 28.5 Å². The first-order chi connectivity index (χ1) is 16.1. The summed E-state index contributed by atoms with van der Waals surface area (Å²) >= 11 is 0. The smallest absolute Gasteiger partial charge is 0.239 e. The second kappa shape index (κ2) is 10.9. The Morgan fingerprint density at radius 2 is 1.94 bits per heavy atom. The Morgan fingerprint density at radius 1 is 1.06 bits per heavy atom. The quantitative estimate of drug-likeness (QED) is 0.764. The molecule has 0 aliphatic carbocycles. The first-order valence-corrected chi connectivity index (χ1v) is 11.4. The summed E-state index contributed by atoms with van der Waals surface area (Å²) in [6.45, 7) is 3.96. The summed E-state index contributed by atoms with van der Waals surface area (Å²) in [7, 11) is 0. The summed E-state index contributed by atoms with van der Waals surface area (Å²) in [6, 6.07) is 11.1. The third-order valence-corrected chi connectivity index (χ3v) is 5.59. The van der Waals surface area contributed by atoms with Crippen LogP contribution in [-0.4, -0.2) is 49.8 Å². The van der Waals surface area contributed by atoms with Crippen LogP contribution in [0, 0.1) is 0 Å².